The smallest absolute Gasteiger partial charge is 0.160 e. The highest BCUT2D eigenvalue weighted by molar-refractivity contribution is 7.18. The lowest BCUT2D eigenvalue weighted by Gasteiger charge is -2.11. The molecule has 0 unspecified atom stereocenters. The Labute approximate surface area is 255 Å². The van der Waals surface area contributed by atoms with Gasteiger partial charge in [-0.2, -0.15) is 0 Å². The van der Waals surface area contributed by atoms with Crippen LogP contribution in [0.3, 0.4) is 0 Å². The summed E-state index contributed by atoms with van der Waals surface area (Å²) in [7, 11) is 0. The first-order valence-electron chi connectivity index (χ1n) is 14.7. The minimum absolute atomic E-state index is 0.723. The van der Waals surface area contributed by atoms with E-state index < -0.39 is 0 Å². The maximum atomic E-state index is 5.25. The van der Waals surface area contributed by atoms with E-state index in [1.54, 1.807) is 11.3 Å². The molecule has 44 heavy (non-hydrogen) atoms. The van der Waals surface area contributed by atoms with E-state index in [9.17, 15) is 0 Å². The number of thiazole rings is 1. The number of hydrogen-bond donors (Lipinski definition) is 0. The molecule has 0 saturated carbocycles. The molecule has 0 N–H and O–H groups in total. The van der Waals surface area contributed by atoms with Crippen molar-refractivity contribution in [1.29, 1.82) is 0 Å². The number of rotatable bonds is 3. The molecule has 4 aromatic heterocycles. The highest BCUT2D eigenvalue weighted by atomic mass is 32.1. The Balaban J connectivity index is 1.24. The molecule has 204 valence electrons. The number of aromatic nitrogens is 4. The summed E-state index contributed by atoms with van der Waals surface area (Å²) in [4.78, 5) is 15.0. The van der Waals surface area contributed by atoms with E-state index in [0.29, 0.717) is 0 Å². The molecule has 0 aliphatic carbocycles. The van der Waals surface area contributed by atoms with E-state index in [1.807, 2.05) is 17.6 Å². The van der Waals surface area contributed by atoms with Gasteiger partial charge in [-0.1, -0.05) is 91.0 Å². The van der Waals surface area contributed by atoms with Crippen LogP contribution in [0.4, 0.5) is 0 Å². The van der Waals surface area contributed by atoms with E-state index in [1.165, 1.54) is 48.4 Å². The average Bonchev–Trinajstić information content (AvgIpc) is 3.79. The molecular weight excluding hydrogens is 557 g/mol. The number of fused-ring (bicyclic) bond motifs is 9. The quantitative estimate of drug-likeness (QED) is 0.209. The lowest BCUT2D eigenvalue weighted by molar-refractivity contribution is 1.23. The molecular formula is C39H22N4S. The van der Waals surface area contributed by atoms with Gasteiger partial charge in [-0.3, -0.25) is 0 Å². The molecule has 0 fully saturated rings. The van der Waals surface area contributed by atoms with Crippen LogP contribution in [-0.4, -0.2) is 19.4 Å². The Morgan fingerprint density at radius 2 is 1.27 bits per heavy atom. The first kappa shape index (κ1) is 23.9. The Hall–Kier alpha value is -5.65. The van der Waals surface area contributed by atoms with Gasteiger partial charge < -0.3 is 4.40 Å². The van der Waals surface area contributed by atoms with Crippen LogP contribution in [-0.2, 0) is 0 Å². The zero-order chi connectivity index (χ0) is 28.8. The van der Waals surface area contributed by atoms with Crippen LogP contribution >= 0.6 is 11.3 Å². The van der Waals surface area contributed by atoms with Crippen molar-refractivity contribution in [3.05, 3.63) is 133 Å². The minimum atomic E-state index is 0.723. The molecule has 10 rings (SSSR count). The zero-order valence-electron chi connectivity index (χ0n) is 23.4. The van der Waals surface area contributed by atoms with Crippen LogP contribution in [0.2, 0.25) is 0 Å². The lowest BCUT2D eigenvalue weighted by Crippen LogP contribution is -1.95. The molecule has 0 aliphatic heterocycles. The predicted molar refractivity (Wildman–Crippen MR) is 184 cm³/mol. The number of hydrogen-bond acceptors (Lipinski definition) is 4. The summed E-state index contributed by atoms with van der Waals surface area (Å²) in [5, 5.41) is 6.04. The normalized spacial score (nSPS) is 12.1. The number of benzene rings is 6. The highest BCUT2D eigenvalue weighted by Crippen LogP contribution is 2.44. The van der Waals surface area contributed by atoms with Gasteiger partial charge in [0.05, 0.1) is 43.5 Å². The minimum Gasteiger partial charge on any atom is -0.308 e. The van der Waals surface area contributed by atoms with Crippen molar-refractivity contribution in [2.24, 2.45) is 0 Å². The Morgan fingerprint density at radius 1 is 0.500 bits per heavy atom. The van der Waals surface area contributed by atoms with E-state index in [4.69, 9.17) is 15.0 Å². The molecule has 0 bridgehead atoms. The molecule has 5 heteroatoms. The summed E-state index contributed by atoms with van der Waals surface area (Å²) in [5.74, 6) is 0.723. The van der Waals surface area contributed by atoms with Gasteiger partial charge in [-0.25, -0.2) is 15.0 Å². The van der Waals surface area contributed by atoms with Crippen LogP contribution < -0.4 is 0 Å². The maximum Gasteiger partial charge on any atom is 0.160 e. The Morgan fingerprint density at radius 3 is 2.20 bits per heavy atom. The Bertz CT molecular complexity index is 2720. The van der Waals surface area contributed by atoms with E-state index >= 15 is 0 Å². The van der Waals surface area contributed by atoms with Gasteiger partial charge in [0.25, 0.3) is 0 Å². The molecule has 10 aromatic rings. The van der Waals surface area contributed by atoms with E-state index in [0.717, 1.165) is 44.6 Å². The third-order valence-electron chi connectivity index (χ3n) is 8.87. The average molecular weight is 579 g/mol. The SMILES string of the molecule is c1ccc(-c2cccc(-c3nc(-c4ccc5c(c4)c4cc6ncsc6c6c7ccccc7n5c46)c4ccccc4n3)c2)cc1. The predicted octanol–water partition coefficient (Wildman–Crippen LogP) is 10.4. The monoisotopic (exact) mass is 578 g/mol. The molecule has 0 saturated heterocycles. The fourth-order valence-corrected chi connectivity index (χ4v) is 7.75. The third-order valence-corrected chi connectivity index (χ3v) is 9.72. The summed E-state index contributed by atoms with van der Waals surface area (Å²) in [6.07, 6.45) is 0. The van der Waals surface area contributed by atoms with Gasteiger partial charge in [0.1, 0.15) is 0 Å². The van der Waals surface area contributed by atoms with Crippen molar-refractivity contribution >= 4 is 70.6 Å². The molecule has 0 spiro atoms. The molecule has 4 heterocycles. The van der Waals surface area contributed by atoms with Crippen molar-refractivity contribution < 1.29 is 0 Å². The van der Waals surface area contributed by atoms with Gasteiger partial charge >= 0.3 is 0 Å². The van der Waals surface area contributed by atoms with Crippen LogP contribution in [0.1, 0.15) is 0 Å². The molecule has 0 radical (unpaired) electrons. The van der Waals surface area contributed by atoms with Crippen molar-refractivity contribution in [2.45, 2.75) is 0 Å². The van der Waals surface area contributed by atoms with Crippen molar-refractivity contribution in [1.82, 2.24) is 19.4 Å². The fourth-order valence-electron chi connectivity index (χ4n) is 6.92. The van der Waals surface area contributed by atoms with Crippen molar-refractivity contribution in [2.75, 3.05) is 0 Å². The number of nitrogens with zero attached hydrogens (tertiary/aromatic N) is 4. The van der Waals surface area contributed by atoms with E-state index in [-0.39, 0.29) is 0 Å². The summed E-state index contributed by atoms with van der Waals surface area (Å²) in [6, 6.07) is 45.0. The summed E-state index contributed by atoms with van der Waals surface area (Å²) >= 11 is 1.72. The standard InChI is InChI=1S/C39H22N4S/c1-2-9-23(10-3-1)24-11-8-12-26(19-24)39-41-31-15-6-4-13-27(31)36(42-39)25-17-18-34-29(20-25)30-21-32-38(44-22-40-32)35-28-14-5-7-16-33(28)43(34)37(30)35/h1-22H. The molecule has 0 atom stereocenters. The second-order valence-corrected chi connectivity index (χ2v) is 12.1. The molecule has 4 nitrogen and oxygen atoms in total. The van der Waals surface area contributed by atoms with Crippen LogP contribution in [0.15, 0.2) is 133 Å². The Kier molecular flexibility index (Phi) is 4.84. The summed E-state index contributed by atoms with van der Waals surface area (Å²) in [5.41, 5.74) is 13.0. The molecule has 6 aromatic carbocycles. The number of para-hydroxylation sites is 2. The summed E-state index contributed by atoms with van der Waals surface area (Å²) < 4.78 is 3.67. The van der Waals surface area contributed by atoms with Gasteiger partial charge in [0.2, 0.25) is 0 Å². The molecule has 0 amide bonds. The van der Waals surface area contributed by atoms with Crippen LogP contribution in [0, 0.1) is 0 Å². The third kappa shape index (κ3) is 3.30. The second kappa shape index (κ2) is 8.93. The topological polar surface area (TPSA) is 43.1 Å². The van der Waals surface area contributed by atoms with Crippen molar-refractivity contribution in [3.63, 3.8) is 0 Å². The van der Waals surface area contributed by atoms with Gasteiger partial charge in [-0.15, -0.1) is 11.3 Å². The van der Waals surface area contributed by atoms with Gasteiger partial charge in [-0.05, 0) is 47.5 Å². The fraction of sp³-hybridized carbons (Fsp3) is 0. The van der Waals surface area contributed by atoms with Gasteiger partial charge in [0.15, 0.2) is 5.82 Å². The van der Waals surface area contributed by atoms with Gasteiger partial charge in [0, 0.05) is 38.1 Å². The highest BCUT2D eigenvalue weighted by Gasteiger charge is 2.22. The molecule has 0 aliphatic rings. The second-order valence-electron chi connectivity index (χ2n) is 11.3. The summed E-state index contributed by atoms with van der Waals surface area (Å²) in [6.45, 7) is 0. The zero-order valence-corrected chi connectivity index (χ0v) is 24.2. The largest absolute Gasteiger partial charge is 0.308 e. The first-order valence-corrected chi connectivity index (χ1v) is 15.6. The van der Waals surface area contributed by atoms with Crippen LogP contribution in [0.25, 0.3) is 93.0 Å². The lowest BCUT2D eigenvalue weighted by atomic mass is 10.0. The van der Waals surface area contributed by atoms with E-state index in [2.05, 4.69) is 120 Å². The maximum absolute atomic E-state index is 5.25. The van der Waals surface area contributed by atoms with Crippen molar-refractivity contribution in [3.8, 4) is 33.8 Å². The van der Waals surface area contributed by atoms with Crippen LogP contribution in [0.5, 0.6) is 0 Å². The first-order chi connectivity index (χ1) is 21.8.